The predicted octanol–water partition coefficient (Wildman–Crippen LogP) is 4.49. The van der Waals surface area contributed by atoms with Gasteiger partial charge in [-0.05, 0) is 30.2 Å². The fourth-order valence-electron chi connectivity index (χ4n) is 5.05. The summed E-state index contributed by atoms with van der Waals surface area (Å²) in [5.41, 5.74) is 4.24. The molecule has 0 saturated carbocycles. The molecule has 0 unspecified atom stereocenters. The zero-order chi connectivity index (χ0) is 24.5. The fraction of sp³-hybridized carbons (Fsp3) is 0.345. The monoisotopic (exact) mass is 471 g/mol. The van der Waals surface area contributed by atoms with Crippen LogP contribution in [0.4, 0.5) is 0 Å². The smallest absolute Gasteiger partial charge is 0.315 e. The van der Waals surface area contributed by atoms with Crippen LogP contribution in [-0.2, 0) is 16.2 Å². The normalized spacial score (nSPS) is 16.3. The number of hydrogen-bond acceptors (Lipinski definition) is 5. The molecule has 4 rings (SSSR count). The van der Waals surface area contributed by atoms with E-state index in [0.29, 0.717) is 17.4 Å². The third-order valence-corrected chi connectivity index (χ3v) is 6.89. The number of carbonyl (C=O) groups excluding carboxylic acids is 1. The van der Waals surface area contributed by atoms with Gasteiger partial charge in [0.1, 0.15) is 19.4 Å². The summed E-state index contributed by atoms with van der Waals surface area (Å²) in [6.45, 7) is 6.49. The number of hydrogen-bond donors (Lipinski definition) is 0. The number of pyridine rings is 1. The Balaban J connectivity index is 1.56. The van der Waals surface area contributed by atoms with Crippen molar-refractivity contribution in [2.75, 3.05) is 39.8 Å². The molecule has 182 valence electrons. The lowest BCUT2D eigenvalue weighted by Gasteiger charge is -2.43. The van der Waals surface area contributed by atoms with Crippen molar-refractivity contribution >= 4 is 11.6 Å². The van der Waals surface area contributed by atoms with E-state index in [-0.39, 0.29) is 11.8 Å². The zero-order valence-electron chi connectivity index (χ0n) is 20.7. The number of benzene rings is 2. The van der Waals surface area contributed by atoms with E-state index in [1.807, 2.05) is 61.7 Å². The van der Waals surface area contributed by atoms with Crippen LogP contribution in [0.1, 0.15) is 36.1 Å². The lowest BCUT2D eigenvalue weighted by atomic mass is 9.87. The number of amides is 1. The topological polar surface area (TPSA) is 54.8 Å². The highest BCUT2D eigenvalue weighted by atomic mass is 16.6. The molecule has 0 radical (unpaired) electrons. The lowest BCUT2D eigenvalue weighted by Crippen LogP contribution is -2.64. The molecule has 1 fully saturated rings. The standard InChI is InChI=1S/C29H35N4O2/c1-24(31-35-2)23-33(19-17-32(18-20-33)22-27-15-9-10-16-30-27)29(34)21-28(25-11-5-3-6-12-25)26-13-7-4-8-14-26/h3-16,28H,17-23H2,1-2H3/q+1/b31-24+. The van der Waals surface area contributed by atoms with E-state index in [9.17, 15) is 4.79 Å². The fourth-order valence-corrected chi connectivity index (χ4v) is 5.05. The van der Waals surface area contributed by atoms with Gasteiger partial charge < -0.3 is 4.84 Å². The molecular weight excluding hydrogens is 436 g/mol. The number of carbonyl (C=O) groups is 1. The van der Waals surface area contributed by atoms with Gasteiger partial charge in [0.05, 0.1) is 25.2 Å². The molecule has 2 aromatic carbocycles. The maximum absolute atomic E-state index is 14.1. The van der Waals surface area contributed by atoms with Crippen molar-refractivity contribution in [3.63, 3.8) is 0 Å². The Morgan fingerprint density at radius 3 is 2.11 bits per heavy atom. The summed E-state index contributed by atoms with van der Waals surface area (Å²) in [5, 5.41) is 4.15. The van der Waals surface area contributed by atoms with E-state index in [2.05, 4.69) is 45.4 Å². The largest absolute Gasteiger partial charge is 0.399 e. The van der Waals surface area contributed by atoms with E-state index >= 15 is 0 Å². The molecule has 1 saturated heterocycles. The Bertz CT molecular complexity index is 1060. The van der Waals surface area contributed by atoms with Gasteiger partial charge in [0.15, 0.2) is 0 Å². The van der Waals surface area contributed by atoms with Gasteiger partial charge in [-0.15, -0.1) is 0 Å². The molecule has 1 amide bonds. The molecule has 0 N–H and O–H groups in total. The van der Waals surface area contributed by atoms with Crippen LogP contribution in [0, 0.1) is 0 Å². The highest BCUT2D eigenvalue weighted by Gasteiger charge is 2.42. The number of nitrogens with zero attached hydrogens (tertiary/aromatic N) is 4. The van der Waals surface area contributed by atoms with Crippen LogP contribution in [0.15, 0.2) is 90.2 Å². The minimum absolute atomic E-state index is 0.0196. The van der Waals surface area contributed by atoms with Gasteiger partial charge in [-0.25, -0.2) is 4.79 Å². The van der Waals surface area contributed by atoms with E-state index < -0.39 is 0 Å². The quantitative estimate of drug-likeness (QED) is 0.262. The maximum atomic E-state index is 14.1. The van der Waals surface area contributed by atoms with E-state index in [4.69, 9.17) is 4.84 Å². The first-order valence-corrected chi connectivity index (χ1v) is 12.3. The zero-order valence-corrected chi connectivity index (χ0v) is 20.7. The van der Waals surface area contributed by atoms with Crippen LogP contribution in [0.25, 0.3) is 0 Å². The molecule has 1 aliphatic heterocycles. The molecule has 6 heteroatoms. The van der Waals surface area contributed by atoms with Crippen molar-refractivity contribution in [2.45, 2.75) is 25.8 Å². The molecule has 0 spiro atoms. The first kappa shape index (κ1) is 24.8. The van der Waals surface area contributed by atoms with Gasteiger partial charge in [0, 0.05) is 31.7 Å². The van der Waals surface area contributed by atoms with Gasteiger partial charge in [-0.3, -0.25) is 14.4 Å². The Hall–Kier alpha value is -3.35. The second-order valence-electron chi connectivity index (χ2n) is 9.33. The van der Waals surface area contributed by atoms with Crippen molar-refractivity contribution in [3.05, 3.63) is 102 Å². The lowest BCUT2D eigenvalue weighted by molar-refractivity contribution is -0.851. The van der Waals surface area contributed by atoms with Crippen LogP contribution < -0.4 is 0 Å². The van der Waals surface area contributed by atoms with Crippen molar-refractivity contribution in [1.82, 2.24) is 9.88 Å². The van der Waals surface area contributed by atoms with E-state index in [0.717, 1.165) is 44.1 Å². The Morgan fingerprint density at radius 1 is 0.971 bits per heavy atom. The van der Waals surface area contributed by atoms with Crippen LogP contribution >= 0.6 is 0 Å². The predicted molar refractivity (Wildman–Crippen MR) is 139 cm³/mol. The highest BCUT2D eigenvalue weighted by Crippen LogP contribution is 2.31. The molecule has 6 nitrogen and oxygen atoms in total. The summed E-state index contributed by atoms with van der Waals surface area (Å²) in [7, 11) is 1.56. The molecular formula is C29H35N4O2+. The third kappa shape index (κ3) is 6.41. The van der Waals surface area contributed by atoms with Crippen LogP contribution in [0.5, 0.6) is 0 Å². The van der Waals surface area contributed by atoms with Gasteiger partial charge in [-0.2, -0.15) is 0 Å². The van der Waals surface area contributed by atoms with E-state index in [1.165, 1.54) is 11.1 Å². The summed E-state index contributed by atoms with van der Waals surface area (Å²) in [4.78, 5) is 26.0. The number of aromatic nitrogens is 1. The summed E-state index contributed by atoms with van der Waals surface area (Å²) < 4.78 is 0.396. The van der Waals surface area contributed by atoms with Gasteiger partial charge in [0.2, 0.25) is 0 Å². The second-order valence-corrected chi connectivity index (χ2v) is 9.33. The summed E-state index contributed by atoms with van der Waals surface area (Å²) in [6.07, 6.45) is 2.29. The van der Waals surface area contributed by atoms with Crippen molar-refractivity contribution in [2.24, 2.45) is 5.16 Å². The minimum Gasteiger partial charge on any atom is -0.399 e. The van der Waals surface area contributed by atoms with Crippen LogP contribution in [0.2, 0.25) is 0 Å². The minimum atomic E-state index is 0.0196. The highest BCUT2D eigenvalue weighted by molar-refractivity contribution is 5.84. The van der Waals surface area contributed by atoms with Crippen LogP contribution in [-0.4, -0.2) is 65.8 Å². The number of rotatable bonds is 9. The van der Waals surface area contributed by atoms with Gasteiger partial charge in [0.25, 0.3) is 0 Å². The van der Waals surface area contributed by atoms with E-state index in [1.54, 1.807) is 7.11 Å². The molecule has 1 aliphatic rings. The summed E-state index contributed by atoms with van der Waals surface area (Å²) >= 11 is 0. The first-order valence-electron chi connectivity index (χ1n) is 12.3. The maximum Gasteiger partial charge on any atom is 0.315 e. The van der Waals surface area contributed by atoms with Crippen molar-refractivity contribution in [3.8, 4) is 0 Å². The summed E-state index contributed by atoms with van der Waals surface area (Å²) in [5.74, 6) is 0.275. The molecule has 0 bridgehead atoms. The summed E-state index contributed by atoms with van der Waals surface area (Å²) in [6, 6.07) is 26.7. The average Bonchev–Trinajstić information content (AvgIpc) is 2.90. The number of quaternary nitrogens is 1. The molecule has 1 aromatic heterocycles. The van der Waals surface area contributed by atoms with Crippen LogP contribution in [0.3, 0.4) is 0 Å². The number of oxime groups is 1. The Kier molecular flexibility index (Phi) is 8.40. The van der Waals surface area contributed by atoms with Gasteiger partial charge in [-0.1, -0.05) is 71.9 Å². The third-order valence-electron chi connectivity index (χ3n) is 6.89. The first-order chi connectivity index (χ1) is 17.1. The molecule has 35 heavy (non-hydrogen) atoms. The average molecular weight is 472 g/mol. The SMILES string of the molecule is CO/N=C(\C)C[N+]1(C(=O)CC(c2ccccc2)c2ccccc2)CCN(Cc2ccccn2)CC1. The van der Waals surface area contributed by atoms with Gasteiger partial charge >= 0.3 is 5.91 Å². The van der Waals surface area contributed by atoms with Crippen molar-refractivity contribution < 1.29 is 14.1 Å². The molecule has 0 aliphatic carbocycles. The van der Waals surface area contributed by atoms with Crippen molar-refractivity contribution in [1.29, 1.82) is 0 Å². The molecule has 0 atom stereocenters. The molecule has 2 heterocycles. The Morgan fingerprint density at radius 2 is 1.57 bits per heavy atom. The molecule has 3 aromatic rings. The Labute approximate surface area is 208 Å². The second kappa shape index (κ2) is 11.9. The number of piperazine rings is 1.